The van der Waals surface area contributed by atoms with Gasteiger partial charge in [-0.3, -0.25) is 4.79 Å². The molecule has 0 aliphatic rings. The molecule has 2 rings (SSSR count). The Morgan fingerprint density at radius 2 is 1.76 bits per heavy atom. The number of ketones is 1. The predicted octanol–water partition coefficient (Wildman–Crippen LogP) is 3.43. The molecule has 0 spiro atoms. The van der Waals surface area contributed by atoms with Gasteiger partial charge in [-0.25, -0.2) is 8.78 Å². The molecule has 0 fully saturated rings. The predicted molar refractivity (Wildman–Crippen MR) is 76.4 cm³/mol. The quantitative estimate of drug-likeness (QED) is 0.671. The number of ether oxygens (including phenoxy) is 1. The van der Waals surface area contributed by atoms with Gasteiger partial charge in [-0.15, -0.1) is 0 Å². The zero-order valence-corrected chi connectivity index (χ0v) is 11.5. The summed E-state index contributed by atoms with van der Waals surface area (Å²) in [4.78, 5) is 11.6. The molecule has 4 N–H and O–H groups in total. The molecule has 0 unspecified atom stereocenters. The van der Waals surface area contributed by atoms with Crippen LogP contribution in [-0.4, -0.2) is 5.78 Å². The Labute approximate surface area is 120 Å². The Morgan fingerprint density at radius 1 is 1.10 bits per heavy atom. The van der Waals surface area contributed by atoms with E-state index in [9.17, 15) is 13.6 Å². The van der Waals surface area contributed by atoms with Gasteiger partial charge in [0, 0.05) is 28.9 Å². The van der Waals surface area contributed by atoms with E-state index in [2.05, 4.69) is 0 Å². The summed E-state index contributed by atoms with van der Waals surface area (Å²) in [5.74, 6) is -1.97. The number of Topliss-reactive ketones (excluding diaryl/α,β-unsaturated/α-hetero) is 1. The lowest BCUT2D eigenvalue weighted by atomic mass is 10.0. The second kappa shape index (κ2) is 5.40. The van der Waals surface area contributed by atoms with Gasteiger partial charge in [0.1, 0.15) is 11.6 Å². The molecule has 0 saturated carbocycles. The maximum Gasteiger partial charge on any atom is 0.188 e. The van der Waals surface area contributed by atoms with Crippen LogP contribution in [0.2, 0.25) is 0 Å². The first kappa shape index (κ1) is 14.8. The van der Waals surface area contributed by atoms with Gasteiger partial charge in [0.05, 0.1) is 5.69 Å². The average Bonchev–Trinajstić information content (AvgIpc) is 2.38. The molecule has 0 radical (unpaired) electrons. The molecule has 4 nitrogen and oxygen atoms in total. The van der Waals surface area contributed by atoms with Gasteiger partial charge in [0.25, 0.3) is 0 Å². The summed E-state index contributed by atoms with van der Waals surface area (Å²) in [5.41, 5.74) is 11.8. The second-order valence-electron chi connectivity index (χ2n) is 4.62. The van der Waals surface area contributed by atoms with E-state index >= 15 is 0 Å². The van der Waals surface area contributed by atoms with Crippen LogP contribution >= 0.6 is 0 Å². The summed E-state index contributed by atoms with van der Waals surface area (Å²) in [7, 11) is 0. The molecule has 0 aliphatic heterocycles. The first-order chi connectivity index (χ1) is 9.81. The summed E-state index contributed by atoms with van der Waals surface area (Å²) < 4.78 is 32.5. The molecular formula is C15H14F2N2O2. The number of hydrogen-bond acceptors (Lipinski definition) is 4. The largest absolute Gasteiger partial charge is 0.454 e. The van der Waals surface area contributed by atoms with E-state index in [-0.39, 0.29) is 28.5 Å². The van der Waals surface area contributed by atoms with Gasteiger partial charge in [0.15, 0.2) is 17.3 Å². The average molecular weight is 292 g/mol. The molecule has 0 aromatic heterocycles. The van der Waals surface area contributed by atoms with Crippen molar-refractivity contribution in [1.29, 1.82) is 0 Å². The van der Waals surface area contributed by atoms with Gasteiger partial charge >= 0.3 is 0 Å². The molecular weight excluding hydrogens is 278 g/mol. The minimum absolute atomic E-state index is 0.207. The SMILES string of the molecule is CC(=O)c1c(N)ccc(Oc2cc(F)cc(N)c2F)c1C. The Kier molecular flexibility index (Phi) is 3.80. The fourth-order valence-electron chi connectivity index (χ4n) is 2.07. The van der Waals surface area contributed by atoms with E-state index in [0.717, 1.165) is 12.1 Å². The second-order valence-corrected chi connectivity index (χ2v) is 4.62. The highest BCUT2D eigenvalue weighted by Crippen LogP contribution is 2.33. The zero-order chi connectivity index (χ0) is 15.7. The van der Waals surface area contributed by atoms with Gasteiger partial charge in [0.2, 0.25) is 0 Å². The fraction of sp³-hybridized carbons (Fsp3) is 0.133. The van der Waals surface area contributed by atoms with Crippen LogP contribution in [-0.2, 0) is 0 Å². The lowest BCUT2D eigenvalue weighted by Gasteiger charge is -2.14. The van der Waals surface area contributed by atoms with Gasteiger partial charge < -0.3 is 16.2 Å². The normalized spacial score (nSPS) is 10.5. The lowest BCUT2D eigenvalue weighted by Crippen LogP contribution is -2.04. The van der Waals surface area contributed by atoms with Crippen LogP contribution in [0.25, 0.3) is 0 Å². The Hall–Kier alpha value is -2.63. The van der Waals surface area contributed by atoms with Crippen molar-refractivity contribution in [2.45, 2.75) is 13.8 Å². The van der Waals surface area contributed by atoms with Crippen LogP contribution in [0.5, 0.6) is 11.5 Å². The van der Waals surface area contributed by atoms with Crippen molar-refractivity contribution >= 4 is 17.2 Å². The third-order valence-electron chi connectivity index (χ3n) is 3.05. The van der Waals surface area contributed by atoms with Crippen molar-refractivity contribution in [2.24, 2.45) is 0 Å². The molecule has 110 valence electrons. The summed E-state index contributed by atoms with van der Waals surface area (Å²) in [6.07, 6.45) is 0. The van der Waals surface area contributed by atoms with E-state index in [1.54, 1.807) is 6.92 Å². The molecule has 0 aliphatic carbocycles. The molecule has 6 heteroatoms. The van der Waals surface area contributed by atoms with E-state index in [0.29, 0.717) is 11.3 Å². The molecule has 0 saturated heterocycles. The van der Waals surface area contributed by atoms with Crippen molar-refractivity contribution in [3.63, 3.8) is 0 Å². The number of benzene rings is 2. The van der Waals surface area contributed by atoms with Crippen molar-refractivity contribution in [3.8, 4) is 11.5 Å². The number of anilines is 2. The number of carbonyl (C=O) groups is 1. The van der Waals surface area contributed by atoms with Gasteiger partial charge in [-0.05, 0) is 26.0 Å². The van der Waals surface area contributed by atoms with Crippen LogP contribution in [0, 0.1) is 18.6 Å². The summed E-state index contributed by atoms with van der Waals surface area (Å²) >= 11 is 0. The molecule has 0 amide bonds. The minimum atomic E-state index is -0.864. The lowest BCUT2D eigenvalue weighted by molar-refractivity contribution is 0.101. The molecule has 0 heterocycles. The Bertz CT molecular complexity index is 730. The number of carbonyl (C=O) groups excluding carboxylic acids is 1. The van der Waals surface area contributed by atoms with Crippen LogP contribution in [0.15, 0.2) is 24.3 Å². The van der Waals surface area contributed by atoms with Crippen LogP contribution in [0.1, 0.15) is 22.8 Å². The fourth-order valence-corrected chi connectivity index (χ4v) is 2.07. The van der Waals surface area contributed by atoms with E-state index in [1.807, 2.05) is 0 Å². The maximum atomic E-state index is 13.8. The van der Waals surface area contributed by atoms with Gasteiger partial charge in [-0.2, -0.15) is 0 Å². The van der Waals surface area contributed by atoms with Crippen LogP contribution in [0.3, 0.4) is 0 Å². The van der Waals surface area contributed by atoms with Crippen molar-refractivity contribution in [1.82, 2.24) is 0 Å². The molecule has 2 aromatic rings. The molecule has 0 atom stereocenters. The first-order valence-corrected chi connectivity index (χ1v) is 6.13. The van der Waals surface area contributed by atoms with E-state index in [4.69, 9.17) is 16.2 Å². The molecule has 0 bridgehead atoms. The smallest absolute Gasteiger partial charge is 0.188 e. The third-order valence-corrected chi connectivity index (χ3v) is 3.05. The highest BCUT2D eigenvalue weighted by molar-refractivity contribution is 6.01. The highest BCUT2D eigenvalue weighted by Gasteiger charge is 2.16. The van der Waals surface area contributed by atoms with Crippen molar-refractivity contribution in [3.05, 3.63) is 47.0 Å². The van der Waals surface area contributed by atoms with Gasteiger partial charge in [-0.1, -0.05) is 0 Å². The summed E-state index contributed by atoms with van der Waals surface area (Å²) in [6.45, 7) is 2.98. The van der Waals surface area contributed by atoms with E-state index in [1.165, 1.54) is 19.1 Å². The zero-order valence-electron chi connectivity index (χ0n) is 11.5. The first-order valence-electron chi connectivity index (χ1n) is 6.13. The summed E-state index contributed by atoms with van der Waals surface area (Å²) in [6, 6.07) is 4.70. The number of hydrogen-bond donors (Lipinski definition) is 2. The minimum Gasteiger partial charge on any atom is -0.454 e. The number of rotatable bonds is 3. The maximum absolute atomic E-state index is 13.8. The Balaban J connectivity index is 2.51. The molecule has 21 heavy (non-hydrogen) atoms. The number of nitrogen functional groups attached to an aromatic ring is 2. The number of halogens is 2. The number of nitrogens with two attached hydrogens (primary N) is 2. The van der Waals surface area contributed by atoms with Crippen molar-refractivity contribution < 1.29 is 18.3 Å². The van der Waals surface area contributed by atoms with Crippen LogP contribution < -0.4 is 16.2 Å². The Morgan fingerprint density at radius 3 is 2.38 bits per heavy atom. The topological polar surface area (TPSA) is 78.3 Å². The van der Waals surface area contributed by atoms with Crippen molar-refractivity contribution in [2.75, 3.05) is 11.5 Å². The van der Waals surface area contributed by atoms with Crippen LogP contribution in [0.4, 0.5) is 20.2 Å². The van der Waals surface area contributed by atoms with E-state index < -0.39 is 11.6 Å². The third kappa shape index (κ3) is 2.79. The molecule has 2 aromatic carbocycles. The monoisotopic (exact) mass is 292 g/mol. The summed E-state index contributed by atoms with van der Waals surface area (Å²) in [5, 5.41) is 0. The standard InChI is InChI=1S/C15H14F2N2O2/c1-7-12(4-3-10(18)14(7)8(2)20)21-13-6-9(16)5-11(19)15(13)17/h3-6H,18-19H2,1-2H3. The highest BCUT2D eigenvalue weighted by atomic mass is 19.1.